The van der Waals surface area contributed by atoms with Crippen LogP contribution in [-0.4, -0.2) is 50.4 Å². The number of rotatable bonds is 6. The number of aliphatic imine (C=N–C) groups is 1. The molecule has 0 bridgehead atoms. The molecular formula is C17H26F3IN4O. The predicted octanol–water partition coefficient (Wildman–Crippen LogP) is 3.35. The van der Waals surface area contributed by atoms with E-state index in [2.05, 4.69) is 25.3 Å². The minimum atomic E-state index is -4.70. The van der Waals surface area contributed by atoms with Crippen molar-refractivity contribution in [3.05, 3.63) is 29.8 Å². The Labute approximate surface area is 169 Å². The molecule has 0 aromatic heterocycles. The predicted molar refractivity (Wildman–Crippen MR) is 107 cm³/mol. The van der Waals surface area contributed by atoms with E-state index in [0.29, 0.717) is 11.5 Å². The monoisotopic (exact) mass is 486 g/mol. The van der Waals surface area contributed by atoms with Crippen LogP contribution in [0.1, 0.15) is 24.8 Å². The summed E-state index contributed by atoms with van der Waals surface area (Å²) < 4.78 is 41.4. The van der Waals surface area contributed by atoms with Gasteiger partial charge in [-0.2, -0.15) is 0 Å². The van der Waals surface area contributed by atoms with Crippen LogP contribution in [0, 0.1) is 0 Å². The average molecular weight is 486 g/mol. The molecule has 1 aliphatic heterocycles. The molecule has 148 valence electrons. The lowest BCUT2D eigenvalue weighted by atomic mass is 10.1. The molecule has 2 N–H and O–H groups in total. The van der Waals surface area contributed by atoms with E-state index in [4.69, 9.17) is 0 Å². The van der Waals surface area contributed by atoms with Gasteiger partial charge in [-0.05, 0) is 32.0 Å². The first-order chi connectivity index (χ1) is 12.0. The minimum absolute atomic E-state index is 0. The van der Waals surface area contributed by atoms with Crippen LogP contribution >= 0.6 is 24.0 Å². The maximum atomic E-state index is 12.4. The van der Waals surface area contributed by atoms with Crippen LogP contribution in [0.2, 0.25) is 0 Å². The van der Waals surface area contributed by atoms with Gasteiger partial charge in [-0.3, -0.25) is 4.99 Å². The van der Waals surface area contributed by atoms with Crippen LogP contribution in [0.4, 0.5) is 13.2 Å². The molecule has 0 saturated carbocycles. The van der Waals surface area contributed by atoms with E-state index in [-0.39, 0.29) is 36.3 Å². The first kappa shape index (κ1) is 22.8. The normalized spacial score (nSPS) is 15.9. The lowest BCUT2D eigenvalue weighted by molar-refractivity contribution is -0.274. The average Bonchev–Trinajstić information content (AvgIpc) is 2.58. The maximum absolute atomic E-state index is 12.4. The lowest BCUT2D eigenvalue weighted by Crippen LogP contribution is -2.42. The van der Waals surface area contributed by atoms with Crippen molar-refractivity contribution < 1.29 is 17.9 Å². The number of benzene rings is 1. The summed E-state index contributed by atoms with van der Waals surface area (Å²) >= 11 is 0. The molecule has 26 heavy (non-hydrogen) atoms. The Balaban J connectivity index is 0.00000338. The number of para-hydroxylation sites is 1. The second kappa shape index (κ2) is 11.5. The summed E-state index contributed by atoms with van der Waals surface area (Å²) in [5.41, 5.74) is 0.416. The zero-order chi connectivity index (χ0) is 18.1. The number of nitrogens with zero attached hydrogens (tertiary/aromatic N) is 2. The third kappa shape index (κ3) is 8.43. The highest BCUT2D eigenvalue weighted by molar-refractivity contribution is 14.0. The van der Waals surface area contributed by atoms with Gasteiger partial charge in [0.15, 0.2) is 5.96 Å². The second-order valence-electron chi connectivity index (χ2n) is 5.91. The van der Waals surface area contributed by atoms with Crippen LogP contribution in [0.15, 0.2) is 29.3 Å². The number of halogens is 4. The Kier molecular flexibility index (Phi) is 10.1. The Morgan fingerprint density at radius 3 is 2.50 bits per heavy atom. The van der Waals surface area contributed by atoms with E-state index in [1.165, 1.54) is 31.4 Å². The first-order valence-electron chi connectivity index (χ1n) is 8.48. The molecule has 0 unspecified atom stereocenters. The van der Waals surface area contributed by atoms with Crippen LogP contribution in [0.25, 0.3) is 0 Å². The highest BCUT2D eigenvalue weighted by atomic mass is 127. The van der Waals surface area contributed by atoms with Crippen molar-refractivity contribution in [1.29, 1.82) is 0 Å². The van der Waals surface area contributed by atoms with Crippen molar-refractivity contribution in [3.63, 3.8) is 0 Å². The molecule has 5 nitrogen and oxygen atoms in total. The Bertz CT molecular complexity index is 563. The van der Waals surface area contributed by atoms with Gasteiger partial charge in [-0.1, -0.05) is 24.6 Å². The van der Waals surface area contributed by atoms with Crippen LogP contribution in [0.3, 0.4) is 0 Å². The van der Waals surface area contributed by atoms with Crippen LogP contribution in [-0.2, 0) is 6.54 Å². The SMILES string of the molecule is CN=C(NCCN1CCCCC1)NCc1ccccc1OC(F)(F)F.I. The highest BCUT2D eigenvalue weighted by Gasteiger charge is 2.31. The van der Waals surface area contributed by atoms with Gasteiger partial charge in [0.25, 0.3) is 0 Å². The second-order valence-corrected chi connectivity index (χ2v) is 5.91. The van der Waals surface area contributed by atoms with Crippen LogP contribution in [0.5, 0.6) is 5.75 Å². The fourth-order valence-electron chi connectivity index (χ4n) is 2.79. The maximum Gasteiger partial charge on any atom is 0.573 e. The fourth-order valence-corrected chi connectivity index (χ4v) is 2.79. The van der Waals surface area contributed by atoms with Crippen molar-refractivity contribution >= 4 is 29.9 Å². The zero-order valence-corrected chi connectivity index (χ0v) is 17.1. The van der Waals surface area contributed by atoms with Gasteiger partial charge in [0.2, 0.25) is 0 Å². The quantitative estimate of drug-likeness (QED) is 0.368. The summed E-state index contributed by atoms with van der Waals surface area (Å²) in [6, 6.07) is 6.08. The lowest BCUT2D eigenvalue weighted by Gasteiger charge is -2.26. The summed E-state index contributed by atoms with van der Waals surface area (Å²) in [6.45, 7) is 4.09. The van der Waals surface area contributed by atoms with E-state index in [9.17, 15) is 13.2 Å². The van der Waals surface area contributed by atoms with Crippen molar-refractivity contribution in [2.45, 2.75) is 32.2 Å². The minimum Gasteiger partial charge on any atom is -0.405 e. The van der Waals surface area contributed by atoms with E-state index in [0.717, 1.165) is 26.2 Å². The molecule has 1 aromatic carbocycles. The van der Waals surface area contributed by atoms with Gasteiger partial charge < -0.3 is 20.3 Å². The number of piperidine rings is 1. The molecule has 1 saturated heterocycles. The van der Waals surface area contributed by atoms with E-state index in [1.807, 2.05) is 0 Å². The molecule has 0 amide bonds. The number of hydrogen-bond acceptors (Lipinski definition) is 3. The molecule has 2 rings (SSSR count). The summed E-state index contributed by atoms with van der Waals surface area (Å²) in [7, 11) is 1.63. The summed E-state index contributed by atoms with van der Waals surface area (Å²) in [4.78, 5) is 6.50. The molecule has 1 aliphatic rings. The number of alkyl halides is 3. The molecule has 0 atom stereocenters. The highest BCUT2D eigenvalue weighted by Crippen LogP contribution is 2.25. The molecule has 0 spiro atoms. The molecule has 9 heteroatoms. The van der Waals surface area contributed by atoms with E-state index in [1.54, 1.807) is 19.2 Å². The van der Waals surface area contributed by atoms with Crippen molar-refractivity contribution in [2.75, 3.05) is 33.2 Å². The third-order valence-electron chi connectivity index (χ3n) is 4.04. The van der Waals surface area contributed by atoms with Gasteiger partial charge in [0.05, 0.1) is 0 Å². The van der Waals surface area contributed by atoms with Crippen molar-refractivity contribution in [2.24, 2.45) is 4.99 Å². The van der Waals surface area contributed by atoms with Crippen molar-refractivity contribution in [3.8, 4) is 5.75 Å². The summed E-state index contributed by atoms with van der Waals surface area (Å²) in [5, 5.41) is 6.21. The van der Waals surface area contributed by atoms with Gasteiger partial charge in [0.1, 0.15) is 5.75 Å². The molecule has 1 heterocycles. The van der Waals surface area contributed by atoms with Gasteiger partial charge in [0, 0.05) is 32.2 Å². The van der Waals surface area contributed by atoms with Gasteiger partial charge in [-0.15, -0.1) is 37.1 Å². The Morgan fingerprint density at radius 1 is 1.15 bits per heavy atom. The number of ether oxygens (including phenoxy) is 1. The Morgan fingerprint density at radius 2 is 1.85 bits per heavy atom. The number of nitrogens with one attached hydrogen (secondary N) is 2. The Hall–Kier alpha value is -1.23. The fraction of sp³-hybridized carbons (Fsp3) is 0.588. The first-order valence-corrected chi connectivity index (χ1v) is 8.48. The largest absolute Gasteiger partial charge is 0.573 e. The van der Waals surface area contributed by atoms with Gasteiger partial charge >= 0.3 is 6.36 Å². The smallest absolute Gasteiger partial charge is 0.405 e. The third-order valence-corrected chi connectivity index (χ3v) is 4.04. The van der Waals surface area contributed by atoms with E-state index >= 15 is 0 Å². The topological polar surface area (TPSA) is 48.9 Å². The molecule has 0 radical (unpaired) electrons. The number of likely N-dealkylation sites (tertiary alicyclic amines) is 1. The molecule has 0 aliphatic carbocycles. The summed E-state index contributed by atoms with van der Waals surface area (Å²) in [6.07, 6.45) is -0.928. The number of guanidine groups is 1. The van der Waals surface area contributed by atoms with E-state index < -0.39 is 6.36 Å². The van der Waals surface area contributed by atoms with Gasteiger partial charge in [-0.25, -0.2) is 0 Å². The van der Waals surface area contributed by atoms with Crippen LogP contribution < -0.4 is 15.4 Å². The standard InChI is InChI=1S/C17H25F3N4O.HI/c1-21-16(22-9-12-24-10-5-2-6-11-24)23-13-14-7-3-4-8-15(14)25-17(18,19)20;/h3-4,7-8H,2,5-6,9-13H2,1H3,(H2,21,22,23);1H. The molecule has 1 aromatic rings. The molecular weight excluding hydrogens is 460 g/mol. The van der Waals surface area contributed by atoms with Crippen molar-refractivity contribution in [1.82, 2.24) is 15.5 Å². The zero-order valence-electron chi connectivity index (χ0n) is 14.8. The molecule has 1 fully saturated rings. The summed E-state index contributed by atoms with van der Waals surface area (Å²) in [5.74, 6) is 0.352. The number of hydrogen-bond donors (Lipinski definition) is 2.